The summed E-state index contributed by atoms with van der Waals surface area (Å²) in [4.78, 5) is 44.3. The number of hydrogen-bond donors (Lipinski definition) is 1. The van der Waals surface area contributed by atoms with Crippen LogP contribution in [-0.2, 0) is 25.8 Å². The smallest absolute Gasteiger partial charge is 0.315 e. The van der Waals surface area contributed by atoms with E-state index >= 15 is 0 Å². The third kappa shape index (κ3) is 4.54. The second-order valence-electron chi connectivity index (χ2n) is 7.23. The number of aromatic amines is 1. The first-order valence-corrected chi connectivity index (χ1v) is 11.0. The van der Waals surface area contributed by atoms with Gasteiger partial charge >= 0.3 is 5.69 Å². The first-order chi connectivity index (χ1) is 15.0. The van der Waals surface area contributed by atoms with Crippen molar-refractivity contribution in [3.63, 3.8) is 0 Å². The summed E-state index contributed by atoms with van der Waals surface area (Å²) < 4.78 is 2.92. The Morgan fingerprint density at radius 2 is 1.65 bits per heavy atom. The topological polar surface area (TPSA) is 89.8 Å². The molecule has 0 aliphatic rings. The fraction of sp³-hybridized carbons (Fsp3) is 0.217. The van der Waals surface area contributed by atoms with E-state index in [1.165, 1.54) is 17.2 Å². The minimum atomic E-state index is -0.553. The van der Waals surface area contributed by atoms with Crippen molar-refractivity contribution in [3.05, 3.63) is 98.5 Å². The quantitative estimate of drug-likeness (QED) is 0.483. The van der Waals surface area contributed by atoms with E-state index in [-0.39, 0.29) is 22.1 Å². The predicted octanol–water partition coefficient (Wildman–Crippen LogP) is 3.13. The molecule has 4 rings (SSSR count). The number of imidazole rings is 1. The van der Waals surface area contributed by atoms with Crippen LogP contribution in [0.1, 0.15) is 28.2 Å². The van der Waals surface area contributed by atoms with E-state index in [9.17, 15) is 14.4 Å². The van der Waals surface area contributed by atoms with E-state index < -0.39 is 11.2 Å². The van der Waals surface area contributed by atoms with Gasteiger partial charge in [-0.3, -0.25) is 19.1 Å². The number of fused-ring (bicyclic) bond motifs is 1. The molecule has 0 bridgehead atoms. The molecule has 2 aromatic carbocycles. The number of carbonyl (C=O) groups is 1. The van der Waals surface area contributed by atoms with Crippen LogP contribution in [0.15, 0.2) is 70.3 Å². The van der Waals surface area contributed by atoms with Crippen molar-refractivity contribution in [1.82, 2.24) is 19.1 Å². The van der Waals surface area contributed by atoms with Gasteiger partial charge in [0.25, 0.3) is 10.7 Å². The van der Waals surface area contributed by atoms with Gasteiger partial charge in [-0.15, -0.1) is 0 Å². The Kier molecular flexibility index (Phi) is 6.18. The molecule has 0 aliphatic heterocycles. The summed E-state index contributed by atoms with van der Waals surface area (Å²) in [5.41, 5.74) is 1.59. The lowest BCUT2D eigenvalue weighted by atomic mass is 10.1. The highest BCUT2D eigenvalue weighted by Gasteiger charge is 2.22. The maximum atomic E-state index is 13.0. The van der Waals surface area contributed by atoms with Gasteiger partial charge < -0.3 is 4.57 Å². The van der Waals surface area contributed by atoms with Gasteiger partial charge in [0, 0.05) is 19.3 Å². The maximum absolute atomic E-state index is 13.0. The van der Waals surface area contributed by atoms with Gasteiger partial charge in [-0.05, 0) is 24.0 Å². The van der Waals surface area contributed by atoms with Crippen LogP contribution in [0.4, 0.5) is 0 Å². The number of aromatic nitrogens is 4. The Morgan fingerprint density at radius 1 is 1.00 bits per heavy atom. The van der Waals surface area contributed by atoms with Gasteiger partial charge in [-0.1, -0.05) is 72.4 Å². The summed E-state index contributed by atoms with van der Waals surface area (Å²) in [6.07, 6.45) is 1.52. The minimum absolute atomic E-state index is 0.190. The fourth-order valence-corrected chi connectivity index (χ4v) is 4.26. The molecule has 1 N–H and O–H groups in total. The van der Waals surface area contributed by atoms with Crippen LogP contribution in [0.25, 0.3) is 11.2 Å². The Hall–Kier alpha value is -3.39. The lowest BCUT2D eigenvalue weighted by Crippen LogP contribution is -2.29. The Morgan fingerprint density at radius 3 is 2.32 bits per heavy atom. The number of hydrogen-bond acceptors (Lipinski definition) is 5. The summed E-state index contributed by atoms with van der Waals surface area (Å²) in [6, 6.07) is 19.7. The molecule has 0 saturated heterocycles. The average Bonchev–Trinajstić information content (AvgIpc) is 3.18. The van der Waals surface area contributed by atoms with Crippen LogP contribution < -0.4 is 11.2 Å². The molecule has 0 saturated carbocycles. The first-order valence-electron chi connectivity index (χ1n) is 9.99. The molecular weight excluding hydrogens is 412 g/mol. The first kappa shape index (κ1) is 20.9. The summed E-state index contributed by atoms with van der Waals surface area (Å²) in [6.45, 7) is 0.444. The number of nitrogens with zero attached hydrogens (tertiary/aromatic N) is 3. The lowest BCUT2D eigenvalue weighted by Gasteiger charge is -2.08. The van der Waals surface area contributed by atoms with Crippen molar-refractivity contribution >= 4 is 28.0 Å². The second-order valence-corrected chi connectivity index (χ2v) is 8.18. The lowest BCUT2D eigenvalue weighted by molar-refractivity contribution is 0.107. The molecule has 0 radical (unpaired) electrons. The number of benzene rings is 2. The molecule has 2 aromatic heterocycles. The molecule has 2 heterocycles. The van der Waals surface area contributed by atoms with Gasteiger partial charge in [-0.2, -0.15) is 0 Å². The SMILES string of the molecule is Cn1c(=O)[nH]c(=O)c2c1nc(C(=O)SCc1ccccc1)n2CCCc1ccccc1. The highest BCUT2D eigenvalue weighted by molar-refractivity contribution is 8.13. The summed E-state index contributed by atoms with van der Waals surface area (Å²) >= 11 is 1.14. The number of H-pyrrole nitrogens is 1. The number of aryl methyl sites for hydroxylation is 3. The molecule has 0 aliphatic carbocycles. The van der Waals surface area contributed by atoms with Crippen molar-refractivity contribution in [1.29, 1.82) is 0 Å². The van der Waals surface area contributed by atoms with Crippen molar-refractivity contribution in [2.75, 3.05) is 0 Å². The van der Waals surface area contributed by atoms with Crippen LogP contribution in [0, 0.1) is 0 Å². The van der Waals surface area contributed by atoms with Crippen molar-refractivity contribution in [2.24, 2.45) is 7.05 Å². The van der Waals surface area contributed by atoms with Gasteiger partial charge in [-0.25, -0.2) is 9.78 Å². The number of nitrogens with one attached hydrogen (secondary N) is 1. The van der Waals surface area contributed by atoms with Crippen LogP contribution in [0.5, 0.6) is 0 Å². The van der Waals surface area contributed by atoms with E-state index in [0.29, 0.717) is 12.3 Å². The molecule has 0 amide bonds. The third-order valence-electron chi connectivity index (χ3n) is 5.09. The van der Waals surface area contributed by atoms with Crippen molar-refractivity contribution in [3.8, 4) is 0 Å². The van der Waals surface area contributed by atoms with Gasteiger partial charge in [0.2, 0.25) is 0 Å². The van der Waals surface area contributed by atoms with E-state index in [1.807, 2.05) is 60.7 Å². The van der Waals surface area contributed by atoms with Crippen molar-refractivity contribution in [2.45, 2.75) is 25.1 Å². The van der Waals surface area contributed by atoms with Crippen LogP contribution in [0.3, 0.4) is 0 Å². The summed E-state index contributed by atoms with van der Waals surface area (Å²) in [5.74, 6) is 0.693. The third-order valence-corrected chi connectivity index (χ3v) is 6.01. The second kappa shape index (κ2) is 9.18. The molecule has 0 spiro atoms. The molecule has 0 unspecified atom stereocenters. The number of rotatable bonds is 7. The summed E-state index contributed by atoms with van der Waals surface area (Å²) in [5, 5.41) is -0.230. The maximum Gasteiger partial charge on any atom is 0.329 e. The van der Waals surface area contributed by atoms with Crippen molar-refractivity contribution < 1.29 is 4.79 Å². The Balaban J connectivity index is 1.65. The molecule has 4 aromatic rings. The predicted molar refractivity (Wildman–Crippen MR) is 122 cm³/mol. The molecular formula is C23H22N4O3S. The highest BCUT2D eigenvalue weighted by atomic mass is 32.2. The van der Waals surface area contributed by atoms with E-state index in [2.05, 4.69) is 9.97 Å². The van der Waals surface area contributed by atoms with Gasteiger partial charge in [0.05, 0.1) is 0 Å². The minimum Gasteiger partial charge on any atom is -0.315 e. The zero-order chi connectivity index (χ0) is 21.8. The molecule has 31 heavy (non-hydrogen) atoms. The monoisotopic (exact) mass is 434 g/mol. The molecule has 158 valence electrons. The van der Waals surface area contributed by atoms with Crippen LogP contribution in [-0.4, -0.2) is 24.2 Å². The Bertz CT molecular complexity index is 1320. The standard InChI is InChI=1S/C23H22N4O3S/c1-26-19-18(21(28)25-23(26)30)27(14-8-13-16-9-4-2-5-10-16)20(24-19)22(29)31-15-17-11-6-3-7-12-17/h2-7,9-12H,8,13-15H2,1H3,(H,25,28,30). The molecule has 8 heteroatoms. The molecule has 7 nitrogen and oxygen atoms in total. The van der Waals surface area contributed by atoms with E-state index in [4.69, 9.17) is 0 Å². The highest BCUT2D eigenvalue weighted by Crippen LogP contribution is 2.21. The molecule has 0 fully saturated rings. The normalized spacial score (nSPS) is 11.1. The largest absolute Gasteiger partial charge is 0.329 e. The number of thioether (sulfide) groups is 1. The zero-order valence-electron chi connectivity index (χ0n) is 17.1. The van der Waals surface area contributed by atoms with Crippen LogP contribution in [0.2, 0.25) is 0 Å². The zero-order valence-corrected chi connectivity index (χ0v) is 17.9. The molecule has 0 atom stereocenters. The number of carbonyl (C=O) groups excluding carboxylic acids is 1. The average molecular weight is 435 g/mol. The van der Waals surface area contributed by atoms with Gasteiger partial charge in [0.1, 0.15) is 0 Å². The fourth-order valence-electron chi connectivity index (χ4n) is 3.48. The van der Waals surface area contributed by atoms with E-state index in [0.717, 1.165) is 30.2 Å². The Labute approximate surface area is 182 Å². The summed E-state index contributed by atoms with van der Waals surface area (Å²) in [7, 11) is 1.54. The van der Waals surface area contributed by atoms with E-state index in [1.54, 1.807) is 4.57 Å². The van der Waals surface area contributed by atoms with Gasteiger partial charge in [0.15, 0.2) is 17.0 Å². The van der Waals surface area contributed by atoms with Crippen LogP contribution >= 0.6 is 11.8 Å².